The van der Waals surface area contributed by atoms with Gasteiger partial charge in [0.05, 0.1) is 5.69 Å². The van der Waals surface area contributed by atoms with Crippen molar-refractivity contribution in [1.29, 1.82) is 0 Å². The van der Waals surface area contributed by atoms with E-state index in [1.165, 1.54) is 11.1 Å². The molecule has 0 radical (unpaired) electrons. The molecule has 0 saturated carbocycles. The lowest BCUT2D eigenvalue weighted by atomic mass is 10.1. The summed E-state index contributed by atoms with van der Waals surface area (Å²) in [5.41, 5.74) is 4.61. The lowest BCUT2D eigenvalue weighted by Crippen LogP contribution is -2.14. The maximum absolute atomic E-state index is 5.98. The maximum Gasteiger partial charge on any atom is 0.219 e. The Morgan fingerprint density at radius 1 is 1.14 bits per heavy atom. The first-order valence-electron chi connectivity index (χ1n) is 7.52. The second-order valence-corrected chi connectivity index (χ2v) is 5.45. The van der Waals surface area contributed by atoms with Crippen LogP contribution in [0.25, 0.3) is 0 Å². The molecule has 0 saturated heterocycles. The maximum atomic E-state index is 5.98. The van der Waals surface area contributed by atoms with Gasteiger partial charge in [0.25, 0.3) is 0 Å². The largest absolute Gasteiger partial charge is 0.439 e. The van der Waals surface area contributed by atoms with Crippen LogP contribution in [-0.4, -0.2) is 11.5 Å². The van der Waals surface area contributed by atoms with Gasteiger partial charge in [-0.05, 0) is 62.6 Å². The van der Waals surface area contributed by atoms with E-state index in [0.717, 1.165) is 36.5 Å². The predicted molar refractivity (Wildman–Crippen MR) is 87.0 cm³/mol. The molecule has 3 heteroatoms. The van der Waals surface area contributed by atoms with Gasteiger partial charge in [-0.1, -0.05) is 19.1 Å². The Morgan fingerprint density at radius 2 is 1.95 bits per heavy atom. The predicted octanol–water partition coefficient (Wildman–Crippen LogP) is 4.30. The minimum absolute atomic E-state index is 0.652. The van der Waals surface area contributed by atoms with Crippen LogP contribution in [0.15, 0.2) is 30.3 Å². The smallest absolute Gasteiger partial charge is 0.219 e. The molecule has 0 aliphatic heterocycles. The Labute approximate surface area is 127 Å². The molecule has 0 atom stereocenters. The van der Waals surface area contributed by atoms with Crippen molar-refractivity contribution in [2.45, 2.75) is 40.7 Å². The van der Waals surface area contributed by atoms with Gasteiger partial charge in [0, 0.05) is 12.6 Å². The summed E-state index contributed by atoms with van der Waals surface area (Å²) in [6.07, 6.45) is 1.12. The van der Waals surface area contributed by atoms with Crippen molar-refractivity contribution < 1.29 is 4.74 Å². The molecule has 0 aliphatic carbocycles. The fraction of sp³-hybridized carbons (Fsp3) is 0.389. The molecule has 1 heterocycles. The quantitative estimate of drug-likeness (QED) is 0.803. The van der Waals surface area contributed by atoms with Crippen molar-refractivity contribution in [3.8, 4) is 11.6 Å². The molecule has 0 spiro atoms. The molecular weight excluding hydrogens is 260 g/mol. The van der Waals surface area contributed by atoms with E-state index in [1.807, 2.05) is 18.2 Å². The van der Waals surface area contributed by atoms with Gasteiger partial charge in [0.15, 0.2) is 0 Å². The van der Waals surface area contributed by atoms with Crippen LogP contribution >= 0.6 is 0 Å². The van der Waals surface area contributed by atoms with E-state index in [9.17, 15) is 0 Å². The van der Waals surface area contributed by atoms with Crippen molar-refractivity contribution in [1.82, 2.24) is 10.3 Å². The number of pyridine rings is 1. The zero-order chi connectivity index (χ0) is 15.2. The lowest BCUT2D eigenvalue weighted by Gasteiger charge is -2.12. The van der Waals surface area contributed by atoms with E-state index in [-0.39, 0.29) is 0 Å². The van der Waals surface area contributed by atoms with Crippen molar-refractivity contribution in [2.75, 3.05) is 6.54 Å². The number of hydrogen-bond donors (Lipinski definition) is 1. The van der Waals surface area contributed by atoms with Gasteiger partial charge in [0.1, 0.15) is 5.75 Å². The highest BCUT2D eigenvalue weighted by Gasteiger charge is 2.06. The van der Waals surface area contributed by atoms with Crippen LogP contribution in [0.4, 0.5) is 0 Å². The molecule has 0 aliphatic rings. The third kappa shape index (κ3) is 4.30. The number of nitrogens with zero attached hydrogens (tertiary/aromatic N) is 1. The van der Waals surface area contributed by atoms with Crippen LogP contribution in [0.2, 0.25) is 0 Å². The van der Waals surface area contributed by atoms with Crippen LogP contribution in [0.3, 0.4) is 0 Å². The third-order valence-electron chi connectivity index (χ3n) is 3.49. The zero-order valence-electron chi connectivity index (χ0n) is 13.4. The Bertz CT molecular complexity index is 608. The SMILES string of the molecule is CCCNCc1cccc(Oc2cc(C)cc(C)c2C)n1. The first-order valence-corrected chi connectivity index (χ1v) is 7.52. The average molecular weight is 284 g/mol. The van der Waals surface area contributed by atoms with E-state index in [0.29, 0.717) is 5.88 Å². The topological polar surface area (TPSA) is 34.1 Å². The summed E-state index contributed by atoms with van der Waals surface area (Å²) >= 11 is 0. The Kier molecular flexibility index (Phi) is 5.34. The highest BCUT2D eigenvalue weighted by atomic mass is 16.5. The van der Waals surface area contributed by atoms with Crippen molar-refractivity contribution in [3.63, 3.8) is 0 Å². The zero-order valence-corrected chi connectivity index (χ0v) is 13.4. The molecule has 0 unspecified atom stereocenters. The summed E-state index contributed by atoms with van der Waals surface area (Å²) in [6.45, 7) is 10.2. The molecule has 0 fully saturated rings. The molecule has 3 nitrogen and oxygen atoms in total. The molecular formula is C18H24N2O. The van der Waals surface area contributed by atoms with Crippen LogP contribution < -0.4 is 10.1 Å². The summed E-state index contributed by atoms with van der Waals surface area (Å²) in [5, 5.41) is 3.35. The first-order chi connectivity index (χ1) is 10.1. The number of nitrogens with one attached hydrogen (secondary N) is 1. The first kappa shape index (κ1) is 15.5. The monoisotopic (exact) mass is 284 g/mol. The van der Waals surface area contributed by atoms with Crippen molar-refractivity contribution >= 4 is 0 Å². The number of benzene rings is 1. The van der Waals surface area contributed by atoms with E-state index in [2.05, 4.69) is 50.1 Å². The lowest BCUT2D eigenvalue weighted by molar-refractivity contribution is 0.455. The Balaban J connectivity index is 2.14. The number of aryl methyl sites for hydroxylation is 2. The summed E-state index contributed by atoms with van der Waals surface area (Å²) in [5.74, 6) is 1.54. The summed E-state index contributed by atoms with van der Waals surface area (Å²) in [6, 6.07) is 10.1. The number of ether oxygens (including phenoxy) is 1. The van der Waals surface area contributed by atoms with Crippen molar-refractivity contribution in [2.24, 2.45) is 0 Å². The van der Waals surface area contributed by atoms with E-state index in [1.54, 1.807) is 0 Å². The van der Waals surface area contributed by atoms with Gasteiger partial charge in [-0.15, -0.1) is 0 Å². The molecule has 1 aromatic carbocycles. The Hall–Kier alpha value is -1.87. The van der Waals surface area contributed by atoms with Crippen molar-refractivity contribution in [3.05, 3.63) is 52.7 Å². The van der Waals surface area contributed by atoms with Crippen LogP contribution in [0.1, 0.15) is 35.7 Å². The molecule has 2 aromatic rings. The average Bonchev–Trinajstić information content (AvgIpc) is 2.45. The fourth-order valence-electron chi connectivity index (χ4n) is 2.23. The van der Waals surface area contributed by atoms with Crippen LogP contribution in [0.5, 0.6) is 11.6 Å². The van der Waals surface area contributed by atoms with Crippen LogP contribution in [-0.2, 0) is 6.54 Å². The molecule has 112 valence electrons. The van der Waals surface area contributed by atoms with E-state index in [4.69, 9.17) is 4.74 Å². The summed E-state index contributed by atoms with van der Waals surface area (Å²) < 4.78 is 5.98. The Morgan fingerprint density at radius 3 is 2.71 bits per heavy atom. The van der Waals surface area contributed by atoms with Gasteiger partial charge in [-0.25, -0.2) is 4.98 Å². The van der Waals surface area contributed by atoms with Gasteiger partial charge in [-0.2, -0.15) is 0 Å². The van der Waals surface area contributed by atoms with E-state index >= 15 is 0 Å². The van der Waals surface area contributed by atoms with Crippen LogP contribution in [0, 0.1) is 20.8 Å². The number of aromatic nitrogens is 1. The number of hydrogen-bond acceptors (Lipinski definition) is 3. The fourth-order valence-corrected chi connectivity index (χ4v) is 2.23. The molecule has 2 rings (SSSR count). The standard InChI is InChI=1S/C18H24N2O/c1-5-9-19-12-16-7-6-8-18(20-16)21-17-11-13(2)10-14(3)15(17)4/h6-8,10-11,19H,5,9,12H2,1-4H3. The molecule has 1 N–H and O–H groups in total. The second kappa shape index (κ2) is 7.23. The van der Waals surface area contributed by atoms with Gasteiger partial charge < -0.3 is 10.1 Å². The molecule has 21 heavy (non-hydrogen) atoms. The highest BCUT2D eigenvalue weighted by Crippen LogP contribution is 2.27. The highest BCUT2D eigenvalue weighted by molar-refractivity contribution is 5.43. The molecule has 1 aromatic heterocycles. The summed E-state index contributed by atoms with van der Waals surface area (Å²) in [4.78, 5) is 4.56. The minimum atomic E-state index is 0.652. The summed E-state index contributed by atoms with van der Waals surface area (Å²) in [7, 11) is 0. The van der Waals surface area contributed by atoms with Gasteiger partial charge >= 0.3 is 0 Å². The van der Waals surface area contributed by atoms with Gasteiger partial charge in [-0.3, -0.25) is 0 Å². The molecule has 0 amide bonds. The molecule has 0 bridgehead atoms. The second-order valence-electron chi connectivity index (χ2n) is 5.45. The minimum Gasteiger partial charge on any atom is -0.439 e. The third-order valence-corrected chi connectivity index (χ3v) is 3.49. The number of rotatable bonds is 6. The van der Waals surface area contributed by atoms with E-state index < -0.39 is 0 Å². The normalized spacial score (nSPS) is 10.7. The van der Waals surface area contributed by atoms with Gasteiger partial charge in [0.2, 0.25) is 5.88 Å².